The van der Waals surface area contributed by atoms with Crippen LogP contribution in [0.1, 0.15) is 12.6 Å². The van der Waals surface area contributed by atoms with Gasteiger partial charge in [0.2, 0.25) is 10.0 Å². The van der Waals surface area contributed by atoms with Crippen molar-refractivity contribution < 1.29 is 13.2 Å². The first-order chi connectivity index (χ1) is 7.99. The highest BCUT2D eigenvalue weighted by Gasteiger charge is 2.16. The Morgan fingerprint density at radius 2 is 2.29 bits per heavy atom. The van der Waals surface area contributed by atoms with E-state index in [1.165, 1.54) is 12.3 Å². The molecule has 0 bridgehead atoms. The summed E-state index contributed by atoms with van der Waals surface area (Å²) in [5.41, 5.74) is 6.10. The molecule has 0 saturated heterocycles. The molecule has 6 nitrogen and oxygen atoms in total. The van der Waals surface area contributed by atoms with Crippen LogP contribution in [0.15, 0.2) is 17.2 Å². The molecule has 4 N–H and O–H groups in total. The summed E-state index contributed by atoms with van der Waals surface area (Å²) in [4.78, 5) is 3.02. The topological polar surface area (TPSA) is 97.2 Å². The third kappa shape index (κ3) is 4.12. The quantitative estimate of drug-likeness (QED) is 0.645. The number of aromatic amines is 1. The molecule has 0 amide bonds. The van der Waals surface area contributed by atoms with Crippen LogP contribution in [-0.2, 0) is 21.3 Å². The van der Waals surface area contributed by atoms with Crippen LogP contribution >= 0.6 is 0 Å². The first kappa shape index (κ1) is 14.2. The van der Waals surface area contributed by atoms with Gasteiger partial charge >= 0.3 is 0 Å². The molecule has 0 saturated carbocycles. The maximum Gasteiger partial charge on any atom is 0.242 e. The molecule has 0 aliphatic rings. The first-order valence-electron chi connectivity index (χ1n) is 5.35. The second-order valence-corrected chi connectivity index (χ2v) is 5.74. The monoisotopic (exact) mass is 261 g/mol. The van der Waals surface area contributed by atoms with Crippen molar-refractivity contribution >= 4 is 10.0 Å². The van der Waals surface area contributed by atoms with Crippen molar-refractivity contribution in [2.24, 2.45) is 11.7 Å². The number of hydrogen-bond acceptors (Lipinski definition) is 4. The Labute approximate surface area is 102 Å². The van der Waals surface area contributed by atoms with Gasteiger partial charge in [-0.25, -0.2) is 13.1 Å². The van der Waals surface area contributed by atoms with Crippen molar-refractivity contribution in [3.05, 3.63) is 18.0 Å². The predicted octanol–water partition coefficient (Wildman–Crippen LogP) is 0.0342. The third-order valence-electron chi connectivity index (χ3n) is 2.32. The highest BCUT2D eigenvalue weighted by Crippen LogP contribution is 2.10. The van der Waals surface area contributed by atoms with Gasteiger partial charge < -0.3 is 15.5 Å². The zero-order valence-electron chi connectivity index (χ0n) is 10.1. The molecule has 7 heteroatoms. The van der Waals surface area contributed by atoms with Gasteiger partial charge in [-0.15, -0.1) is 0 Å². The maximum absolute atomic E-state index is 11.9. The van der Waals surface area contributed by atoms with Gasteiger partial charge in [0.1, 0.15) is 0 Å². The summed E-state index contributed by atoms with van der Waals surface area (Å²) in [6.45, 7) is 3.06. The van der Waals surface area contributed by atoms with Crippen molar-refractivity contribution in [1.82, 2.24) is 9.71 Å². The molecule has 0 aromatic carbocycles. The molecule has 0 spiro atoms. The number of rotatable bonds is 7. The van der Waals surface area contributed by atoms with E-state index in [-0.39, 0.29) is 17.4 Å². The van der Waals surface area contributed by atoms with Crippen LogP contribution in [0, 0.1) is 5.92 Å². The van der Waals surface area contributed by atoms with Gasteiger partial charge in [0.15, 0.2) is 0 Å². The number of ether oxygens (including phenoxy) is 1. The molecule has 1 unspecified atom stereocenters. The Bertz CT molecular complexity index is 441. The van der Waals surface area contributed by atoms with Crippen LogP contribution in [0.3, 0.4) is 0 Å². The second kappa shape index (κ2) is 6.15. The van der Waals surface area contributed by atoms with E-state index in [0.717, 1.165) is 0 Å². The molecule has 1 heterocycles. The molecule has 0 radical (unpaired) electrons. The Kier molecular flexibility index (Phi) is 5.13. The summed E-state index contributed by atoms with van der Waals surface area (Å²) in [6.07, 6.45) is 1.44. The van der Waals surface area contributed by atoms with Crippen LogP contribution in [0.4, 0.5) is 0 Å². The zero-order valence-corrected chi connectivity index (χ0v) is 10.9. The highest BCUT2D eigenvalue weighted by atomic mass is 32.2. The summed E-state index contributed by atoms with van der Waals surface area (Å²) in [7, 11) is -1.87. The average Bonchev–Trinajstić information content (AvgIpc) is 2.76. The highest BCUT2D eigenvalue weighted by molar-refractivity contribution is 7.89. The van der Waals surface area contributed by atoms with Crippen molar-refractivity contribution in [1.29, 1.82) is 0 Å². The molecule has 1 aromatic rings. The fraction of sp³-hybridized carbons (Fsp3) is 0.600. The van der Waals surface area contributed by atoms with E-state index in [0.29, 0.717) is 18.8 Å². The van der Waals surface area contributed by atoms with Crippen molar-refractivity contribution in [3.8, 4) is 0 Å². The summed E-state index contributed by atoms with van der Waals surface area (Å²) in [6, 6.07) is 1.53. The van der Waals surface area contributed by atoms with Crippen LogP contribution in [0.5, 0.6) is 0 Å². The molecule has 98 valence electrons. The van der Waals surface area contributed by atoms with E-state index in [4.69, 9.17) is 10.5 Å². The van der Waals surface area contributed by atoms with Gasteiger partial charge in [0, 0.05) is 38.7 Å². The number of hydrogen-bond donors (Lipinski definition) is 3. The lowest BCUT2D eigenvalue weighted by atomic mass is 10.2. The van der Waals surface area contributed by atoms with Crippen LogP contribution in [0.2, 0.25) is 0 Å². The minimum atomic E-state index is -3.46. The van der Waals surface area contributed by atoms with Gasteiger partial charge in [0.05, 0.1) is 4.90 Å². The maximum atomic E-state index is 11.9. The van der Waals surface area contributed by atoms with E-state index in [1.54, 1.807) is 7.11 Å². The molecule has 0 fully saturated rings. The van der Waals surface area contributed by atoms with Crippen LogP contribution in [0.25, 0.3) is 0 Å². The van der Waals surface area contributed by atoms with Crippen LogP contribution < -0.4 is 10.5 Å². The van der Waals surface area contributed by atoms with E-state index in [1.807, 2.05) is 6.92 Å². The Balaban J connectivity index is 2.62. The van der Waals surface area contributed by atoms with Gasteiger partial charge in [0.25, 0.3) is 0 Å². The molecular weight excluding hydrogens is 242 g/mol. The summed E-state index contributed by atoms with van der Waals surface area (Å²) in [5.74, 6) is 0.127. The predicted molar refractivity (Wildman–Crippen MR) is 64.9 cm³/mol. The third-order valence-corrected chi connectivity index (χ3v) is 3.72. The summed E-state index contributed by atoms with van der Waals surface area (Å²) < 4.78 is 31.2. The van der Waals surface area contributed by atoms with Crippen LogP contribution in [-0.4, -0.2) is 33.7 Å². The van der Waals surface area contributed by atoms with E-state index in [2.05, 4.69) is 9.71 Å². The number of H-pyrrole nitrogens is 1. The Hall–Kier alpha value is -0.890. The average molecular weight is 261 g/mol. The first-order valence-corrected chi connectivity index (χ1v) is 6.84. The molecule has 1 aromatic heterocycles. The fourth-order valence-corrected chi connectivity index (χ4v) is 2.55. The number of methoxy groups -OCH3 is 1. The zero-order chi connectivity index (χ0) is 12.9. The van der Waals surface area contributed by atoms with E-state index < -0.39 is 10.0 Å². The molecule has 1 atom stereocenters. The normalized spacial score (nSPS) is 13.8. The lowest BCUT2D eigenvalue weighted by Crippen LogP contribution is -2.29. The fourth-order valence-electron chi connectivity index (χ4n) is 1.37. The van der Waals surface area contributed by atoms with Crippen molar-refractivity contribution in [3.63, 3.8) is 0 Å². The molecule has 0 aliphatic carbocycles. The second-order valence-electron chi connectivity index (χ2n) is 3.98. The lowest BCUT2D eigenvalue weighted by Gasteiger charge is -2.11. The van der Waals surface area contributed by atoms with Crippen molar-refractivity contribution in [2.45, 2.75) is 18.4 Å². The van der Waals surface area contributed by atoms with Gasteiger partial charge in [-0.1, -0.05) is 6.92 Å². The van der Waals surface area contributed by atoms with Gasteiger partial charge in [-0.2, -0.15) is 0 Å². The molecule has 17 heavy (non-hydrogen) atoms. The standard InChI is InChI=1S/C10H19N3O3S/c1-8(7-16-2)5-13-17(14,15)10-3-9(4-11)12-6-10/h3,6,8,12-13H,4-5,7,11H2,1-2H3. The molecule has 0 aliphatic heterocycles. The number of aromatic nitrogens is 1. The minimum Gasteiger partial charge on any atom is -0.384 e. The number of nitrogens with one attached hydrogen (secondary N) is 2. The smallest absolute Gasteiger partial charge is 0.242 e. The summed E-state index contributed by atoms with van der Waals surface area (Å²) in [5, 5.41) is 0. The van der Waals surface area contributed by atoms with Crippen molar-refractivity contribution in [2.75, 3.05) is 20.3 Å². The Morgan fingerprint density at radius 1 is 1.59 bits per heavy atom. The lowest BCUT2D eigenvalue weighted by molar-refractivity contribution is 0.161. The van der Waals surface area contributed by atoms with E-state index >= 15 is 0 Å². The number of sulfonamides is 1. The van der Waals surface area contributed by atoms with Gasteiger partial charge in [-0.3, -0.25) is 0 Å². The Morgan fingerprint density at radius 3 is 2.82 bits per heavy atom. The molecular formula is C10H19N3O3S. The molecule has 1 rings (SSSR count). The summed E-state index contributed by atoms with van der Waals surface area (Å²) >= 11 is 0. The van der Waals surface area contributed by atoms with Gasteiger partial charge in [-0.05, 0) is 12.0 Å². The minimum absolute atomic E-state index is 0.127. The van der Waals surface area contributed by atoms with E-state index in [9.17, 15) is 8.42 Å². The SMILES string of the molecule is COCC(C)CNS(=O)(=O)c1c[nH]c(CN)c1. The number of nitrogens with two attached hydrogens (primary N) is 1. The largest absolute Gasteiger partial charge is 0.384 e.